The summed E-state index contributed by atoms with van der Waals surface area (Å²) in [4.78, 5) is 13.2. The monoisotopic (exact) mass is 207 g/mol. The van der Waals surface area contributed by atoms with Gasteiger partial charge in [-0.3, -0.25) is 0 Å². The molecule has 0 aliphatic carbocycles. The molecule has 0 aliphatic heterocycles. The Morgan fingerprint density at radius 2 is 2.07 bits per heavy atom. The van der Waals surface area contributed by atoms with Crippen molar-refractivity contribution < 1.29 is 28.2 Å². The van der Waals surface area contributed by atoms with Crippen LogP contribution in [0.3, 0.4) is 0 Å². The average Bonchev–Trinajstić information content (AvgIpc) is 2.02. The van der Waals surface area contributed by atoms with Crippen molar-refractivity contribution in [3.63, 3.8) is 0 Å². The maximum absolute atomic E-state index is 13.0. The van der Waals surface area contributed by atoms with Crippen LogP contribution in [0.15, 0.2) is 6.20 Å². The molecule has 0 saturated heterocycles. The Kier molecular flexibility index (Phi) is 2.59. The van der Waals surface area contributed by atoms with E-state index < -0.39 is 35.2 Å². The summed E-state index contributed by atoms with van der Waals surface area (Å²) in [5, 5.41) is 17.2. The molecule has 1 rings (SSSR count). The summed E-state index contributed by atoms with van der Waals surface area (Å²) in [5.74, 6) is -4.53. The van der Waals surface area contributed by atoms with Crippen LogP contribution in [0.25, 0.3) is 0 Å². The van der Waals surface area contributed by atoms with E-state index in [1.807, 2.05) is 0 Å². The Balaban J connectivity index is 3.41. The van der Waals surface area contributed by atoms with Crippen LogP contribution >= 0.6 is 0 Å². The summed E-state index contributed by atoms with van der Waals surface area (Å²) in [6.45, 7) is 0. The Morgan fingerprint density at radius 3 is 2.50 bits per heavy atom. The van der Waals surface area contributed by atoms with E-state index in [9.17, 15) is 18.0 Å². The normalized spacial score (nSPS) is 10.6. The van der Waals surface area contributed by atoms with Crippen LogP contribution in [0.5, 0.6) is 5.75 Å². The van der Waals surface area contributed by atoms with Crippen LogP contribution in [-0.2, 0) is 0 Å². The molecule has 0 saturated carbocycles. The smallest absolute Gasteiger partial charge is 0.342 e. The lowest BCUT2D eigenvalue weighted by atomic mass is 10.2. The fourth-order valence-corrected chi connectivity index (χ4v) is 0.848. The third-order valence-corrected chi connectivity index (χ3v) is 1.45. The van der Waals surface area contributed by atoms with Gasteiger partial charge >= 0.3 is 5.97 Å². The minimum Gasteiger partial charge on any atom is -0.505 e. The molecule has 0 aromatic carbocycles. The first-order chi connectivity index (χ1) is 6.45. The summed E-state index contributed by atoms with van der Waals surface area (Å²) in [6, 6.07) is 0. The minimum atomic E-state index is -3.23. The van der Waals surface area contributed by atoms with Crippen molar-refractivity contribution in [1.82, 2.24) is 4.98 Å². The molecule has 76 valence electrons. The number of aromatic hydroxyl groups is 1. The molecule has 1 heterocycles. The molecule has 0 spiro atoms. The van der Waals surface area contributed by atoms with Crippen LogP contribution in [0.2, 0.25) is 0 Å². The number of aromatic nitrogens is 1. The first-order valence-electron chi connectivity index (χ1n) is 3.34. The van der Waals surface area contributed by atoms with E-state index in [2.05, 4.69) is 4.98 Å². The summed E-state index contributed by atoms with van der Waals surface area (Å²) in [7, 11) is 0. The maximum atomic E-state index is 13.0. The number of hydrogen-bond donors (Lipinski definition) is 2. The standard InChI is InChI=1S/C7H4F3NO3/c8-4-3(7(13)14)2(12)1-11-5(4)6(9)10/h1,6,12H,(H,13,14). The van der Waals surface area contributed by atoms with Crippen molar-refractivity contribution in [1.29, 1.82) is 0 Å². The van der Waals surface area contributed by atoms with E-state index in [0.717, 1.165) is 0 Å². The number of carboxylic acids is 1. The van der Waals surface area contributed by atoms with E-state index in [-0.39, 0.29) is 0 Å². The molecule has 0 bridgehead atoms. The quantitative estimate of drug-likeness (QED) is 0.771. The summed E-state index contributed by atoms with van der Waals surface area (Å²) in [6.07, 6.45) is -2.76. The van der Waals surface area contributed by atoms with Crippen molar-refractivity contribution in [3.05, 3.63) is 23.3 Å². The van der Waals surface area contributed by atoms with Gasteiger partial charge in [0.25, 0.3) is 6.43 Å². The number of nitrogens with zero attached hydrogens (tertiary/aromatic N) is 1. The predicted molar refractivity (Wildman–Crippen MR) is 37.8 cm³/mol. The summed E-state index contributed by atoms with van der Waals surface area (Å²) >= 11 is 0. The SMILES string of the molecule is O=C(O)c1c(O)cnc(C(F)F)c1F. The molecular formula is C7H4F3NO3. The van der Waals surface area contributed by atoms with E-state index in [4.69, 9.17) is 10.2 Å². The highest BCUT2D eigenvalue weighted by Crippen LogP contribution is 2.26. The number of aromatic carboxylic acids is 1. The van der Waals surface area contributed by atoms with Crippen molar-refractivity contribution in [3.8, 4) is 5.75 Å². The minimum absolute atomic E-state index is 0.466. The Bertz CT molecular complexity index is 381. The number of carboxylic acid groups (broad SMARTS) is 1. The second-order valence-electron chi connectivity index (χ2n) is 2.32. The topological polar surface area (TPSA) is 70.4 Å². The lowest BCUT2D eigenvalue weighted by Crippen LogP contribution is -2.06. The summed E-state index contributed by atoms with van der Waals surface area (Å²) in [5.41, 5.74) is -2.49. The largest absolute Gasteiger partial charge is 0.505 e. The predicted octanol–water partition coefficient (Wildman–Crippen LogP) is 1.56. The molecule has 0 unspecified atom stereocenters. The van der Waals surface area contributed by atoms with Gasteiger partial charge in [0.2, 0.25) is 0 Å². The number of pyridine rings is 1. The van der Waals surface area contributed by atoms with Crippen LogP contribution in [0.4, 0.5) is 13.2 Å². The van der Waals surface area contributed by atoms with Gasteiger partial charge in [-0.1, -0.05) is 0 Å². The van der Waals surface area contributed by atoms with Gasteiger partial charge in [0, 0.05) is 0 Å². The molecule has 0 aliphatic rings. The van der Waals surface area contributed by atoms with Crippen LogP contribution < -0.4 is 0 Å². The highest BCUT2D eigenvalue weighted by molar-refractivity contribution is 5.91. The fraction of sp³-hybridized carbons (Fsp3) is 0.143. The third kappa shape index (κ3) is 1.61. The third-order valence-electron chi connectivity index (χ3n) is 1.45. The zero-order valence-corrected chi connectivity index (χ0v) is 6.54. The number of rotatable bonds is 2. The van der Waals surface area contributed by atoms with Gasteiger partial charge in [0.05, 0.1) is 6.20 Å². The lowest BCUT2D eigenvalue weighted by molar-refractivity contribution is 0.0686. The molecule has 0 fully saturated rings. The Morgan fingerprint density at radius 1 is 1.50 bits per heavy atom. The van der Waals surface area contributed by atoms with Gasteiger partial charge in [-0.2, -0.15) is 0 Å². The van der Waals surface area contributed by atoms with E-state index in [1.165, 1.54) is 0 Å². The van der Waals surface area contributed by atoms with Gasteiger partial charge in [-0.25, -0.2) is 22.9 Å². The number of halogens is 3. The molecule has 1 aromatic heterocycles. The molecule has 14 heavy (non-hydrogen) atoms. The maximum Gasteiger partial charge on any atom is 0.342 e. The first-order valence-corrected chi connectivity index (χ1v) is 3.34. The molecule has 0 amide bonds. The van der Waals surface area contributed by atoms with E-state index >= 15 is 0 Å². The molecule has 2 N–H and O–H groups in total. The average molecular weight is 207 g/mol. The molecule has 7 heteroatoms. The number of hydrogen-bond acceptors (Lipinski definition) is 3. The van der Waals surface area contributed by atoms with Crippen molar-refractivity contribution in [2.24, 2.45) is 0 Å². The number of alkyl halides is 2. The van der Waals surface area contributed by atoms with Crippen molar-refractivity contribution in [2.75, 3.05) is 0 Å². The van der Waals surface area contributed by atoms with Crippen LogP contribution in [0, 0.1) is 5.82 Å². The van der Waals surface area contributed by atoms with Crippen molar-refractivity contribution in [2.45, 2.75) is 6.43 Å². The Hall–Kier alpha value is -1.79. The zero-order chi connectivity index (χ0) is 10.9. The van der Waals surface area contributed by atoms with Gasteiger partial charge in [-0.15, -0.1) is 0 Å². The molecule has 4 nitrogen and oxygen atoms in total. The molecule has 0 radical (unpaired) electrons. The fourth-order valence-electron chi connectivity index (χ4n) is 0.848. The van der Waals surface area contributed by atoms with E-state index in [1.54, 1.807) is 0 Å². The van der Waals surface area contributed by atoms with Gasteiger partial charge in [0.1, 0.15) is 11.3 Å². The van der Waals surface area contributed by atoms with Gasteiger partial charge < -0.3 is 10.2 Å². The Labute approximate surface area is 75.6 Å². The molecular weight excluding hydrogens is 203 g/mol. The first kappa shape index (κ1) is 10.3. The van der Waals surface area contributed by atoms with E-state index in [0.29, 0.717) is 6.20 Å². The van der Waals surface area contributed by atoms with Crippen molar-refractivity contribution >= 4 is 5.97 Å². The second-order valence-corrected chi connectivity index (χ2v) is 2.32. The highest BCUT2D eigenvalue weighted by Gasteiger charge is 2.24. The van der Waals surface area contributed by atoms with Gasteiger partial charge in [0.15, 0.2) is 11.6 Å². The summed E-state index contributed by atoms with van der Waals surface area (Å²) < 4.78 is 37.0. The number of carbonyl (C=O) groups is 1. The highest BCUT2D eigenvalue weighted by atomic mass is 19.3. The molecule has 0 atom stereocenters. The van der Waals surface area contributed by atoms with Gasteiger partial charge in [-0.05, 0) is 0 Å². The zero-order valence-electron chi connectivity index (χ0n) is 6.54. The molecule has 1 aromatic rings. The second kappa shape index (κ2) is 3.52. The van der Waals surface area contributed by atoms with Crippen LogP contribution in [0.1, 0.15) is 22.5 Å². The van der Waals surface area contributed by atoms with Crippen LogP contribution in [-0.4, -0.2) is 21.2 Å². The lowest BCUT2D eigenvalue weighted by Gasteiger charge is -2.04.